The van der Waals surface area contributed by atoms with Crippen molar-refractivity contribution in [1.82, 2.24) is 25.5 Å². The molecule has 0 aliphatic carbocycles. The van der Waals surface area contributed by atoms with Crippen LogP contribution in [0.2, 0.25) is 0 Å². The lowest BCUT2D eigenvalue weighted by Gasteiger charge is -2.15. The smallest absolute Gasteiger partial charge is 0.414 e. The van der Waals surface area contributed by atoms with E-state index in [1.54, 1.807) is 19.2 Å². The van der Waals surface area contributed by atoms with Gasteiger partial charge in [0.1, 0.15) is 17.7 Å². The summed E-state index contributed by atoms with van der Waals surface area (Å²) < 4.78 is 36.0. The molecule has 1 N–H and O–H groups in total. The van der Waals surface area contributed by atoms with Crippen LogP contribution in [-0.4, -0.2) is 51.4 Å². The van der Waals surface area contributed by atoms with Crippen LogP contribution in [-0.2, 0) is 16.6 Å². The van der Waals surface area contributed by atoms with Gasteiger partial charge in [0.05, 0.1) is 24.3 Å². The standard InChI is InChI=1S/C20H18F2N6O3/c1-11(29)23-9-14-10-28(20(30)31-14)13-4-6-15(18(22)8-13)12-3-5-16(17(21)7-12)19-24-25-26-27(19)2/h3-8,14H,9-10H2,1-2H3,(H,23,29)/t14-/m0/s1. The normalized spacial score (nSPS) is 15.8. The second kappa shape index (κ2) is 8.09. The number of aromatic nitrogens is 4. The fourth-order valence-corrected chi connectivity index (χ4v) is 3.32. The molecule has 9 nitrogen and oxygen atoms in total. The highest BCUT2D eigenvalue weighted by Gasteiger charge is 2.32. The zero-order valence-corrected chi connectivity index (χ0v) is 16.7. The van der Waals surface area contributed by atoms with E-state index in [1.807, 2.05) is 0 Å². The second-order valence-corrected chi connectivity index (χ2v) is 7.04. The topological polar surface area (TPSA) is 102 Å². The lowest BCUT2D eigenvalue weighted by Crippen LogP contribution is -2.33. The van der Waals surface area contributed by atoms with Crippen LogP contribution in [0.3, 0.4) is 0 Å². The Morgan fingerprint density at radius 1 is 1.19 bits per heavy atom. The van der Waals surface area contributed by atoms with Crippen molar-refractivity contribution >= 4 is 17.7 Å². The SMILES string of the molecule is CC(=O)NC[C@H]1CN(c2ccc(-c3ccc(-c4nnnn4C)c(F)c3)c(F)c2)C(=O)O1. The van der Waals surface area contributed by atoms with E-state index in [-0.39, 0.29) is 35.9 Å². The number of amides is 2. The Morgan fingerprint density at radius 2 is 1.94 bits per heavy atom. The summed E-state index contributed by atoms with van der Waals surface area (Å²) in [6.07, 6.45) is -1.16. The summed E-state index contributed by atoms with van der Waals surface area (Å²) in [5, 5.41) is 13.5. The number of aryl methyl sites for hydroxylation is 1. The van der Waals surface area contributed by atoms with Gasteiger partial charge in [0.2, 0.25) is 5.91 Å². The summed E-state index contributed by atoms with van der Waals surface area (Å²) >= 11 is 0. The summed E-state index contributed by atoms with van der Waals surface area (Å²) in [5.74, 6) is -1.20. The van der Waals surface area contributed by atoms with Crippen molar-refractivity contribution in [2.24, 2.45) is 7.05 Å². The number of rotatable bonds is 5. The van der Waals surface area contributed by atoms with Crippen molar-refractivity contribution in [1.29, 1.82) is 0 Å². The highest BCUT2D eigenvalue weighted by molar-refractivity contribution is 5.90. The maximum Gasteiger partial charge on any atom is 0.414 e. The number of carbonyl (C=O) groups excluding carboxylic acids is 2. The molecule has 2 amide bonds. The molecule has 2 aromatic carbocycles. The lowest BCUT2D eigenvalue weighted by molar-refractivity contribution is -0.119. The molecule has 11 heteroatoms. The molecule has 31 heavy (non-hydrogen) atoms. The summed E-state index contributed by atoms with van der Waals surface area (Å²) in [4.78, 5) is 24.4. The van der Waals surface area contributed by atoms with E-state index < -0.39 is 23.8 Å². The summed E-state index contributed by atoms with van der Waals surface area (Å²) in [6, 6.07) is 8.47. The highest BCUT2D eigenvalue weighted by atomic mass is 19.1. The van der Waals surface area contributed by atoms with Gasteiger partial charge in [-0.05, 0) is 46.3 Å². The largest absolute Gasteiger partial charge is 0.442 e. The number of anilines is 1. The van der Waals surface area contributed by atoms with Crippen LogP contribution in [0.15, 0.2) is 36.4 Å². The van der Waals surface area contributed by atoms with Crippen LogP contribution < -0.4 is 10.2 Å². The minimum atomic E-state index is -0.629. The molecule has 0 unspecified atom stereocenters. The first-order chi connectivity index (χ1) is 14.8. The minimum Gasteiger partial charge on any atom is -0.442 e. The van der Waals surface area contributed by atoms with E-state index in [1.165, 1.54) is 40.8 Å². The molecule has 0 bridgehead atoms. The van der Waals surface area contributed by atoms with E-state index in [4.69, 9.17) is 4.74 Å². The average molecular weight is 428 g/mol. The molecule has 3 aromatic rings. The van der Waals surface area contributed by atoms with Crippen molar-refractivity contribution in [3.8, 4) is 22.5 Å². The van der Waals surface area contributed by atoms with E-state index in [2.05, 4.69) is 20.8 Å². The van der Waals surface area contributed by atoms with Crippen molar-refractivity contribution < 1.29 is 23.1 Å². The molecule has 0 radical (unpaired) electrons. The molecule has 1 atom stereocenters. The molecule has 160 valence electrons. The molecule has 1 saturated heterocycles. The van der Waals surface area contributed by atoms with Crippen LogP contribution in [0.5, 0.6) is 0 Å². The number of hydrogen-bond donors (Lipinski definition) is 1. The van der Waals surface area contributed by atoms with E-state index >= 15 is 0 Å². The van der Waals surface area contributed by atoms with Gasteiger partial charge in [-0.25, -0.2) is 18.3 Å². The fourth-order valence-electron chi connectivity index (χ4n) is 3.32. The zero-order chi connectivity index (χ0) is 22.1. The zero-order valence-electron chi connectivity index (χ0n) is 16.7. The van der Waals surface area contributed by atoms with Crippen LogP contribution in [0, 0.1) is 11.6 Å². The quantitative estimate of drug-likeness (QED) is 0.669. The lowest BCUT2D eigenvalue weighted by atomic mass is 10.0. The third kappa shape index (κ3) is 4.06. The molecule has 1 aromatic heterocycles. The van der Waals surface area contributed by atoms with Crippen LogP contribution in [0.25, 0.3) is 22.5 Å². The Kier molecular flexibility index (Phi) is 5.32. The predicted octanol–water partition coefficient (Wildman–Crippen LogP) is 2.28. The van der Waals surface area contributed by atoms with Gasteiger partial charge in [-0.1, -0.05) is 6.07 Å². The van der Waals surface area contributed by atoms with E-state index in [9.17, 15) is 18.4 Å². The van der Waals surface area contributed by atoms with Crippen LogP contribution in [0.1, 0.15) is 6.92 Å². The second-order valence-electron chi connectivity index (χ2n) is 7.04. The first-order valence-electron chi connectivity index (χ1n) is 9.38. The average Bonchev–Trinajstić information content (AvgIpc) is 3.31. The predicted molar refractivity (Wildman–Crippen MR) is 106 cm³/mol. The first kappa shape index (κ1) is 20.4. The van der Waals surface area contributed by atoms with Crippen molar-refractivity contribution in [3.05, 3.63) is 48.0 Å². The van der Waals surface area contributed by atoms with Gasteiger partial charge in [0.25, 0.3) is 0 Å². The Morgan fingerprint density at radius 3 is 2.58 bits per heavy atom. The molecule has 4 rings (SSSR count). The van der Waals surface area contributed by atoms with Gasteiger partial charge in [0, 0.05) is 19.5 Å². The van der Waals surface area contributed by atoms with Crippen molar-refractivity contribution in [3.63, 3.8) is 0 Å². The van der Waals surface area contributed by atoms with Crippen LogP contribution in [0.4, 0.5) is 19.3 Å². The molecule has 1 fully saturated rings. The number of halogens is 2. The fraction of sp³-hybridized carbons (Fsp3) is 0.250. The van der Waals surface area contributed by atoms with Gasteiger partial charge >= 0.3 is 6.09 Å². The number of nitrogens with one attached hydrogen (secondary N) is 1. The Bertz CT molecular complexity index is 1170. The minimum absolute atomic E-state index is 0.171. The Labute approximate surface area is 175 Å². The third-order valence-electron chi connectivity index (χ3n) is 4.86. The number of hydrogen-bond acceptors (Lipinski definition) is 6. The number of cyclic esters (lactones) is 1. The highest BCUT2D eigenvalue weighted by Crippen LogP contribution is 2.31. The number of tetrazole rings is 1. The summed E-state index contributed by atoms with van der Waals surface area (Å²) in [5.41, 5.74) is 0.998. The first-order valence-corrected chi connectivity index (χ1v) is 9.38. The number of carbonyl (C=O) groups is 2. The Balaban J connectivity index is 1.56. The van der Waals surface area contributed by atoms with Gasteiger partial charge < -0.3 is 10.1 Å². The van der Waals surface area contributed by atoms with Crippen molar-refractivity contribution in [2.75, 3.05) is 18.0 Å². The van der Waals surface area contributed by atoms with Crippen molar-refractivity contribution in [2.45, 2.75) is 13.0 Å². The van der Waals surface area contributed by atoms with Gasteiger partial charge in [-0.3, -0.25) is 9.69 Å². The number of nitrogens with zero attached hydrogens (tertiary/aromatic N) is 5. The van der Waals surface area contributed by atoms with Gasteiger partial charge in [-0.15, -0.1) is 5.10 Å². The van der Waals surface area contributed by atoms with Gasteiger partial charge in [0.15, 0.2) is 5.82 Å². The summed E-state index contributed by atoms with van der Waals surface area (Å²) in [7, 11) is 1.59. The molecule has 1 aliphatic rings. The van der Waals surface area contributed by atoms with Crippen LogP contribution >= 0.6 is 0 Å². The maximum absolute atomic E-state index is 14.8. The molecular formula is C20H18F2N6O3. The molecular weight excluding hydrogens is 410 g/mol. The Hall–Kier alpha value is -3.89. The summed E-state index contributed by atoms with van der Waals surface area (Å²) in [6.45, 7) is 1.71. The molecule has 1 aliphatic heterocycles. The van der Waals surface area contributed by atoms with Gasteiger partial charge in [-0.2, -0.15) is 0 Å². The number of ether oxygens (including phenoxy) is 1. The number of benzene rings is 2. The van der Waals surface area contributed by atoms with E-state index in [0.29, 0.717) is 11.3 Å². The maximum atomic E-state index is 14.8. The monoisotopic (exact) mass is 428 g/mol. The van der Waals surface area contributed by atoms with E-state index in [0.717, 1.165) is 0 Å². The third-order valence-corrected chi connectivity index (χ3v) is 4.86. The molecule has 0 spiro atoms. The molecule has 2 heterocycles. The molecule has 0 saturated carbocycles.